The number of carbonyl (C=O) groups is 3. The molecule has 0 aromatic heterocycles. The summed E-state index contributed by atoms with van der Waals surface area (Å²) in [5.74, 6) is -3.03. The zero-order chi connectivity index (χ0) is 10.1. The Labute approximate surface area is 88.7 Å². The summed E-state index contributed by atoms with van der Waals surface area (Å²) in [7, 11) is 0. The number of Topliss-reactive ketones (excluding diaryl/α,β-unsaturated/α-hetero) is 2. The molecule has 0 unspecified atom stereocenters. The van der Waals surface area contributed by atoms with Crippen LogP contribution in [0.4, 0.5) is 0 Å². The van der Waals surface area contributed by atoms with Crippen LogP contribution in [0.5, 0.6) is 0 Å². The summed E-state index contributed by atoms with van der Waals surface area (Å²) < 4.78 is 1.39. The number of rotatable bonds is 3. The van der Waals surface area contributed by atoms with Gasteiger partial charge in [0.2, 0.25) is 5.78 Å². The van der Waals surface area contributed by atoms with Crippen molar-refractivity contribution in [2.75, 3.05) is 0 Å². The maximum absolute atomic E-state index is 10.1. The molecular formula is C7H11NaO4. The standard InChI is InChI=1S/C5H6O4.C2H5.Na/c1-3(6)2-4(7)5(8)9;1-2;/h2H2,1H3,(H,8,9);1H2,2H3;. The minimum atomic E-state index is -1.55. The predicted octanol–water partition coefficient (Wildman–Crippen LogP) is 0.212. The van der Waals surface area contributed by atoms with Gasteiger partial charge in [-0.25, -0.2) is 4.79 Å². The fraction of sp³-hybridized carbons (Fsp3) is 0.571. The van der Waals surface area contributed by atoms with Crippen LogP contribution in [0.2, 0.25) is 3.67 Å². The fourth-order valence-electron chi connectivity index (χ4n) is 0.302. The second-order valence-corrected chi connectivity index (χ2v) is 3.73. The summed E-state index contributed by atoms with van der Waals surface area (Å²) in [6.45, 7) is 3.35. The van der Waals surface area contributed by atoms with Gasteiger partial charge in [-0.3, -0.25) is 9.59 Å². The van der Waals surface area contributed by atoms with Crippen LogP contribution >= 0.6 is 0 Å². The Morgan fingerprint density at radius 1 is 1.33 bits per heavy atom. The first-order valence-electron chi connectivity index (χ1n) is 3.71. The van der Waals surface area contributed by atoms with Crippen molar-refractivity contribution in [3.8, 4) is 0 Å². The molecule has 0 atom stereocenters. The summed E-state index contributed by atoms with van der Waals surface area (Å²) in [6.07, 6.45) is -0.505. The van der Waals surface area contributed by atoms with Gasteiger partial charge in [0.25, 0.3) is 0 Å². The molecule has 0 rings (SSSR count). The number of hydrogen-bond donors (Lipinski definition) is 1. The SMILES string of the molecule is CC(=O)CC(=O)C(=O)O.C[CH2][Na]. The molecule has 64 valence electrons. The summed E-state index contributed by atoms with van der Waals surface area (Å²) in [4.78, 5) is 29.9. The van der Waals surface area contributed by atoms with Crippen LogP contribution in [0.3, 0.4) is 0 Å². The van der Waals surface area contributed by atoms with E-state index in [2.05, 4.69) is 6.92 Å². The molecule has 0 radical (unpaired) electrons. The van der Waals surface area contributed by atoms with Crippen LogP contribution in [0.1, 0.15) is 20.3 Å². The maximum atomic E-state index is 10.1. The van der Waals surface area contributed by atoms with E-state index in [0.29, 0.717) is 0 Å². The normalized spacial score (nSPS) is 8.00. The molecule has 1 N–H and O–H groups in total. The molecule has 0 aromatic carbocycles. The van der Waals surface area contributed by atoms with Gasteiger partial charge in [0.1, 0.15) is 5.78 Å². The Kier molecular flexibility index (Phi) is 10.6. The molecular weight excluding hydrogens is 171 g/mol. The zero-order valence-electron chi connectivity index (χ0n) is 7.59. The van der Waals surface area contributed by atoms with Gasteiger partial charge >= 0.3 is 44.5 Å². The third-order valence-electron chi connectivity index (χ3n) is 0.648. The number of ketones is 2. The first kappa shape index (κ1) is 14.3. The third kappa shape index (κ3) is 12.5. The van der Waals surface area contributed by atoms with E-state index in [1.807, 2.05) is 0 Å². The van der Waals surface area contributed by atoms with Crippen molar-refractivity contribution < 1.29 is 19.5 Å². The van der Waals surface area contributed by atoms with Crippen LogP contribution in [0.25, 0.3) is 0 Å². The topological polar surface area (TPSA) is 71.4 Å². The van der Waals surface area contributed by atoms with Gasteiger partial charge in [-0.15, -0.1) is 0 Å². The molecule has 0 aromatic rings. The van der Waals surface area contributed by atoms with Gasteiger partial charge in [-0.05, 0) is 6.92 Å². The predicted molar refractivity (Wildman–Crippen MR) is 44.2 cm³/mol. The second-order valence-electron chi connectivity index (χ2n) is 2.31. The third-order valence-corrected chi connectivity index (χ3v) is 0.648. The number of hydrogen-bond acceptors (Lipinski definition) is 3. The van der Waals surface area contributed by atoms with E-state index in [9.17, 15) is 14.4 Å². The van der Waals surface area contributed by atoms with Crippen LogP contribution in [0.15, 0.2) is 0 Å². The van der Waals surface area contributed by atoms with E-state index in [0.717, 1.165) is 0 Å². The second kappa shape index (κ2) is 8.90. The van der Waals surface area contributed by atoms with Crippen LogP contribution < -0.4 is 0 Å². The Bertz CT molecular complexity index is 176. The number of carbonyl (C=O) groups excluding carboxylic acids is 2. The van der Waals surface area contributed by atoms with E-state index in [-0.39, 0.29) is 0 Å². The molecule has 0 saturated carbocycles. The average Bonchev–Trinajstić information content (AvgIpc) is 1.87. The number of carboxylic acid groups (broad SMARTS) is 1. The van der Waals surface area contributed by atoms with Crippen molar-refractivity contribution in [1.29, 1.82) is 0 Å². The molecule has 12 heavy (non-hydrogen) atoms. The Morgan fingerprint density at radius 2 is 1.67 bits per heavy atom. The van der Waals surface area contributed by atoms with Crippen molar-refractivity contribution in [1.82, 2.24) is 0 Å². The molecule has 5 heteroatoms. The van der Waals surface area contributed by atoms with Crippen molar-refractivity contribution in [3.05, 3.63) is 0 Å². The molecule has 0 spiro atoms. The molecule has 0 heterocycles. The molecule has 0 aliphatic carbocycles. The van der Waals surface area contributed by atoms with Gasteiger partial charge in [-0.2, -0.15) is 0 Å². The van der Waals surface area contributed by atoms with E-state index in [1.165, 1.54) is 38.5 Å². The van der Waals surface area contributed by atoms with E-state index in [4.69, 9.17) is 5.11 Å². The van der Waals surface area contributed by atoms with Crippen molar-refractivity contribution in [2.45, 2.75) is 23.9 Å². The molecule has 0 bridgehead atoms. The van der Waals surface area contributed by atoms with Crippen molar-refractivity contribution in [3.63, 3.8) is 0 Å². The molecule has 0 amide bonds. The van der Waals surface area contributed by atoms with E-state index >= 15 is 0 Å². The zero-order valence-corrected chi connectivity index (χ0v) is 9.59. The Morgan fingerprint density at radius 3 is 1.75 bits per heavy atom. The fourth-order valence-corrected chi connectivity index (χ4v) is 0.302. The molecule has 0 aliphatic heterocycles. The minimum absolute atomic E-state index is 0.428. The Hall–Kier alpha value is -0.190. The van der Waals surface area contributed by atoms with Gasteiger partial charge in [-0.1, -0.05) is 0 Å². The van der Waals surface area contributed by atoms with Gasteiger partial charge in [0.15, 0.2) is 0 Å². The van der Waals surface area contributed by atoms with Crippen LogP contribution in [-0.4, -0.2) is 50.6 Å². The summed E-state index contributed by atoms with van der Waals surface area (Å²) >= 11 is 1.37. The van der Waals surface area contributed by atoms with Crippen LogP contribution in [0, 0.1) is 0 Å². The molecule has 0 saturated heterocycles. The van der Waals surface area contributed by atoms with Gasteiger partial charge in [0, 0.05) is 0 Å². The van der Waals surface area contributed by atoms with Crippen LogP contribution in [-0.2, 0) is 14.4 Å². The Balaban J connectivity index is 0. The first-order chi connectivity index (χ1) is 5.45. The average molecular weight is 182 g/mol. The summed E-state index contributed by atoms with van der Waals surface area (Å²) in [5.41, 5.74) is 0. The summed E-state index contributed by atoms with van der Waals surface area (Å²) in [5, 5.41) is 7.93. The van der Waals surface area contributed by atoms with Crippen molar-refractivity contribution in [2.24, 2.45) is 0 Å². The van der Waals surface area contributed by atoms with Crippen molar-refractivity contribution >= 4 is 45.5 Å². The molecule has 0 fully saturated rings. The van der Waals surface area contributed by atoms with E-state index in [1.54, 1.807) is 0 Å². The van der Waals surface area contributed by atoms with E-state index < -0.39 is 24.0 Å². The number of carboxylic acids is 1. The molecule has 4 nitrogen and oxygen atoms in total. The quantitative estimate of drug-likeness (QED) is 0.385. The van der Waals surface area contributed by atoms with Gasteiger partial charge in [0.05, 0.1) is 6.42 Å². The van der Waals surface area contributed by atoms with Gasteiger partial charge < -0.3 is 5.11 Å². The number of aliphatic carboxylic acids is 1. The first-order valence-corrected chi connectivity index (χ1v) is 5.12. The summed E-state index contributed by atoms with van der Waals surface area (Å²) in [6, 6.07) is 0. The molecule has 0 aliphatic rings. The monoisotopic (exact) mass is 182 g/mol.